The molecule has 3 saturated heterocycles. The second-order valence-electron chi connectivity index (χ2n) is 18.7. The molecule has 0 unspecified atom stereocenters. The van der Waals surface area contributed by atoms with Gasteiger partial charge < -0.3 is 68.4 Å². The molecule has 3 aliphatic rings. The molecular weight excluding hydrogens is 808 g/mol. The van der Waals surface area contributed by atoms with Crippen LogP contribution in [0.15, 0.2) is 29.4 Å². The Morgan fingerprint density at radius 3 is 2.10 bits per heavy atom. The first-order chi connectivity index (χ1) is 28.8. The highest BCUT2D eigenvalue weighted by atomic mass is 16.7. The minimum atomic E-state index is -2.06. The summed E-state index contributed by atoms with van der Waals surface area (Å²) in [6, 6.07) is 5.84. The number of cyclic esters (lactones) is 1. The fourth-order valence-electron chi connectivity index (χ4n) is 9.47. The van der Waals surface area contributed by atoms with Crippen molar-refractivity contribution < 1.29 is 73.1 Å². The number of nitrogens with zero attached hydrogens (tertiary/aromatic N) is 2. The molecule has 17 heteroatoms. The summed E-state index contributed by atoms with van der Waals surface area (Å²) in [5, 5.41) is 63.8. The van der Waals surface area contributed by atoms with Crippen LogP contribution >= 0.6 is 0 Å². The van der Waals surface area contributed by atoms with E-state index in [0.717, 1.165) is 0 Å². The summed E-state index contributed by atoms with van der Waals surface area (Å²) < 4.78 is 42.9. The van der Waals surface area contributed by atoms with Gasteiger partial charge in [0.05, 0.1) is 66.0 Å². The first-order valence-electron chi connectivity index (χ1n) is 21.8. The minimum absolute atomic E-state index is 0.0663. The van der Waals surface area contributed by atoms with E-state index >= 15 is 0 Å². The standard InChI is InChI=1S/C45H74N2O15/c1-15-32-45(10,54)37(49)25(4)34(46-62-41(52)29-16-18-30(55-13)19-17-29)23(2)21-43(8,53)39(61-42-35(48)31(47(11)12)20-24(3)57-42)26(5)36(27(6)40(51)59-32)60-33-22-44(9,56-14)38(50)28(7)58-33/h16-19,23-28,31-33,35-39,42,48-50,53-54H,15,20-22H2,1-14H3/b46-34-/t23-,24-,25+,26+,27-,28+,31+,32-,33+,35-,36+,37-,38+,39-,42+,43+,44-,45-/m1/s1. The number of carbonyl (C=O) groups is 2. The molecule has 1 aromatic carbocycles. The molecule has 0 saturated carbocycles. The molecule has 0 amide bonds. The van der Waals surface area contributed by atoms with Gasteiger partial charge in [-0.1, -0.05) is 32.9 Å². The van der Waals surface area contributed by atoms with Crippen LogP contribution in [0.5, 0.6) is 5.75 Å². The van der Waals surface area contributed by atoms with Gasteiger partial charge in [-0.05, 0) is 99.2 Å². The molecule has 0 aliphatic carbocycles. The van der Waals surface area contributed by atoms with Crippen molar-refractivity contribution in [1.82, 2.24) is 4.90 Å². The van der Waals surface area contributed by atoms with Gasteiger partial charge in [0.15, 0.2) is 12.6 Å². The van der Waals surface area contributed by atoms with Gasteiger partial charge in [-0.25, -0.2) is 4.79 Å². The molecular formula is C45H74N2O15. The largest absolute Gasteiger partial charge is 0.497 e. The highest BCUT2D eigenvalue weighted by Gasteiger charge is 2.53. The molecule has 3 fully saturated rings. The number of likely N-dealkylation sites (N-methyl/N-ethyl adjacent to an activating group) is 1. The van der Waals surface area contributed by atoms with Crippen molar-refractivity contribution in [2.45, 2.75) is 179 Å². The van der Waals surface area contributed by atoms with Crippen LogP contribution in [-0.4, -0.2) is 161 Å². The molecule has 3 heterocycles. The number of methoxy groups -OCH3 is 2. The molecule has 0 aromatic heterocycles. The molecule has 1 aromatic rings. The summed E-state index contributed by atoms with van der Waals surface area (Å²) in [6.07, 6.45) is -10.2. The maximum absolute atomic E-state index is 14.4. The van der Waals surface area contributed by atoms with Gasteiger partial charge in [0, 0.05) is 37.3 Å². The summed E-state index contributed by atoms with van der Waals surface area (Å²) in [5.41, 5.74) is -4.72. The van der Waals surface area contributed by atoms with E-state index in [9.17, 15) is 35.1 Å². The monoisotopic (exact) mass is 883 g/mol. The Hall–Kier alpha value is -2.81. The van der Waals surface area contributed by atoms with E-state index in [4.69, 9.17) is 38.0 Å². The number of oxime groups is 1. The van der Waals surface area contributed by atoms with Gasteiger partial charge >= 0.3 is 11.9 Å². The van der Waals surface area contributed by atoms with Crippen LogP contribution in [-0.2, 0) is 38.1 Å². The number of esters is 1. The van der Waals surface area contributed by atoms with Crippen molar-refractivity contribution in [3.63, 3.8) is 0 Å². The average molecular weight is 883 g/mol. The third kappa shape index (κ3) is 11.5. The Bertz CT molecular complexity index is 1660. The van der Waals surface area contributed by atoms with Gasteiger partial charge in [-0.3, -0.25) is 4.79 Å². The lowest BCUT2D eigenvalue weighted by molar-refractivity contribution is -0.317. The maximum atomic E-state index is 14.4. The SMILES string of the molecule is CC[C@H]1OC(=O)[C@H](C)[C@@H](O[C@H]2C[C@@](C)(OC)[C@@H](O)[C@H](C)O2)[C@H](C)[C@@H](O[C@@H]2O[C@H](C)C[C@H](N(C)C)[C@H]2O)[C@@](C)(O)C[C@@H](C)/C(=N/OC(=O)c2ccc(OC)cc2)[C@H](C)[C@@H](O)[C@]1(C)O. The van der Waals surface area contributed by atoms with Crippen molar-refractivity contribution in [2.75, 3.05) is 28.3 Å². The third-order valence-corrected chi connectivity index (χ3v) is 13.4. The molecule has 17 nitrogen and oxygen atoms in total. The average Bonchev–Trinajstić information content (AvgIpc) is 3.22. The third-order valence-electron chi connectivity index (χ3n) is 13.4. The Labute approximate surface area is 366 Å². The zero-order chi connectivity index (χ0) is 46.6. The van der Waals surface area contributed by atoms with Crippen molar-refractivity contribution >= 4 is 17.7 Å². The van der Waals surface area contributed by atoms with Gasteiger partial charge in [-0.15, -0.1) is 0 Å². The van der Waals surface area contributed by atoms with Crippen molar-refractivity contribution in [3.05, 3.63) is 29.8 Å². The zero-order valence-electron chi connectivity index (χ0n) is 39.0. The van der Waals surface area contributed by atoms with Crippen LogP contribution in [0.3, 0.4) is 0 Å². The fraction of sp³-hybridized carbons (Fsp3) is 0.800. The lowest BCUT2D eigenvalue weighted by Gasteiger charge is -2.49. The predicted octanol–water partition coefficient (Wildman–Crippen LogP) is 3.44. The van der Waals surface area contributed by atoms with Crippen molar-refractivity contribution in [2.24, 2.45) is 28.8 Å². The molecule has 354 valence electrons. The molecule has 3 aliphatic heterocycles. The van der Waals surface area contributed by atoms with E-state index in [1.54, 1.807) is 67.5 Å². The summed E-state index contributed by atoms with van der Waals surface area (Å²) in [4.78, 5) is 35.1. The second-order valence-corrected chi connectivity index (χ2v) is 18.7. The molecule has 0 bridgehead atoms. The Balaban J connectivity index is 1.88. The smallest absolute Gasteiger partial charge is 0.365 e. The molecule has 5 N–H and O–H groups in total. The highest BCUT2D eigenvalue weighted by molar-refractivity contribution is 5.92. The minimum Gasteiger partial charge on any atom is -0.497 e. The van der Waals surface area contributed by atoms with Gasteiger partial charge in [0.25, 0.3) is 0 Å². The predicted molar refractivity (Wildman–Crippen MR) is 227 cm³/mol. The maximum Gasteiger partial charge on any atom is 0.365 e. The van der Waals surface area contributed by atoms with Crippen molar-refractivity contribution in [1.29, 1.82) is 0 Å². The van der Waals surface area contributed by atoms with Crippen LogP contribution in [0.1, 0.15) is 105 Å². The van der Waals surface area contributed by atoms with Gasteiger partial charge in [-0.2, -0.15) is 0 Å². The van der Waals surface area contributed by atoms with E-state index in [-0.39, 0.29) is 42.7 Å². The topological polar surface area (TPSA) is 225 Å². The van der Waals surface area contributed by atoms with Crippen LogP contribution < -0.4 is 4.74 Å². The number of aliphatic hydroxyl groups excluding tert-OH is 3. The number of hydrogen-bond acceptors (Lipinski definition) is 17. The fourth-order valence-corrected chi connectivity index (χ4v) is 9.47. The molecule has 0 spiro atoms. The number of benzene rings is 1. The van der Waals surface area contributed by atoms with Crippen LogP contribution in [0.2, 0.25) is 0 Å². The molecule has 62 heavy (non-hydrogen) atoms. The van der Waals surface area contributed by atoms with E-state index in [2.05, 4.69) is 5.16 Å². The van der Waals surface area contributed by atoms with Crippen LogP contribution in [0.25, 0.3) is 0 Å². The first kappa shape index (κ1) is 51.8. The lowest BCUT2D eigenvalue weighted by Crippen LogP contribution is -2.61. The van der Waals surface area contributed by atoms with Crippen LogP contribution in [0.4, 0.5) is 0 Å². The second kappa shape index (κ2) is 21.0. The summed E-state index contributed by atoms with van der Waals surface area (Å²) in [7, 11) is 6.67. The van der Waals surface area contributed by atoms with Gasteiger partial charge in [0.1, 0.15) is 29.7 Å². The number of ether oxygens (including phenoxy) is 7. The molecule has 0 radical (unpaired) electrons. The summed E-state index contributed by atoms with van der Waals surface area (Å²) in [5.74, 6) is -4.86. The Kier molecular flexibility index (Phi) is 17.6. The van der Waals surface area contributed by atoms with Crippen molar-refractivity contribution in [3.8, 4) is 5.75 Å². The molecule has 18 atom stereocenters. The number of aliphatic hydroxyl groups is 5. The normalized spacial score (nSPS) is 43.5. The van der Waals surface area contributed by atoms with E-state index in [1.165, 1.54) is 33.3 Å². The summed E-state index contributed by atoms with van der Waals surface area (Å²) >= 11 is 0. The number of hydrogen-bond donors (Lipinski definition) is 5. The molecule has 4 rings (SSSR count). The lowest BCUT2D eigenvalue weighted by atomic mass is 9.73. The number of carbonyl (C=O) groups excluding carboxylic acids is 2. The van der Waals surface area contributed by atoms with E-state index in [1.807, 2.05) is 25.9 Å². The summed E-state index contributed by atoms with van der Waals surface area (Å²) in [6.45, 7) is 16.6. The first-order valence-corrected chi connectivity index (χ1v) is 21.8. The van der Waals surface area contributed by atoms with E-state index in [0.29, 0.717) is 12.2 Å². The zero-order valence-corrected chi connectivity index (χ0v) is 39.0. The van der Waals surface area contributed by atoms with E-state index < -0.39 is 108 Å². The van der Waals surface area contributed by atoms with Crippen LogP contribution in [0, 0.1) is 23.7 Å². The Morgan fingerprint density at radius 2 is 1.53 bits per heavy atom. The Morgan fingerprint density at radius 1 is 0.903 bits per heavy atom. The number of rotatable bonds is 10. The quantitative estimate of drug-likeness (QED) is 0.129. The highest BCUT2D eigenvalue weighted by Crippen LogP contribution is 2.41. The van der Waals surface area contributed by atoms with Gasteiger partial charge in [0.2, 0.25) is 0 Å².